The zero-order valence-corrected chi connectivity index (χ0v) is 22.5. The smallest absolute Gasteiger partial charge is 0.260 e. The number of aryl methyl sites for hydroxylation is 2. The van der Waals surface area contributed by atoms with Crippen molar-refractivity contribution in [2.75, 3.05) is 11.9 Å². The maximum absolute atomic E-state index is 12.7. The lowest BCUT2D eigenvalue weighted by Gasteiger charge is -2.17. The first kappa shape index (κ1) is 26.4. The van der Waals surface area contributed by atoms with Crippen molar-refractivity contribution in [3.8, 4) is 11.5 Å². The van der Waals surface area contributed by atoms with Gasteiger partial charge < -0.3 is 20.1 Å². The third-order valence-electron chi connectivity index (χ3n) is 5.97. The van der Waals surface area contributed by atoms with E-state index >= 15 is 0 Å². The lowest BCUT2D eigenvalue weighted by molar-refractivity contribution is -0.116. The van der Waals surface area contributed by atoms with E-state index < -0.39 is 0 Å². The van der Waals surface area contributed by atoms with Gasteiger partial charge in [-0.25, -0.2) is 0 Å². The van der Waals surface area contributed by atoms with Crippen LogP contribution in [0.15, 0.2) is 78.2 Å². The number of hydrogen-bond acceptors (Lipinski definition) is 5. The highest BCUT2D eigenvalue weighted by Crippen LogP contribution is 2.37. The summed E-state index contributed by atoms with van der Waals surface area (Å²) in [5.74, 6) is 1.27. The molecule has 1 amide bonds. The SMILES string of the molecule is C=CCc1cc(/C=C2\S[C@@H](Nc3ccc(CC)cc3)NC2=O)cc(OCC)c1OCc1cccc(C)c1. The number of hydrogen-bond donors (Lipinski definition) is 2. The summed E-state index contributed by atoms with van der Waals surface area (Å²) in [7, 11) is 0. The number of carbonyl (C=O) groups is 1. The molecule has 2 N–H and O–H groups in total. The number of ether oxygens (including phenoxy) is 2. The Labute approximate surface area is 224 Å². The first-order valence-electron chi connectivity index (χ1n) is 12.6. The highest BCUT2D eigenvalue weighted by atomic mass is 32.2. The van der Waals surface area contributed by atoms with Crippen LogP contribution in [0, 0.1) is 6.92 Å². The van der Waals surface area contributed by atoms with Gasteiger partial charge in [0.25, 0.3) is 5.91 Å². The molecular weight excluding hydrogens is 480 g/mol. The fraction of sp³-hybridized carbons (Fsp3) is 0.258. The third-order valence-corrected chi connectivity index (χ3v) is 7.00. The van der Waals surface area contributed by atoms with Gasteiger partial charge in [-0.1, -0.05) is 66.7 Å². The Hall–Kier alpha value is -3.64. The average molecular weight is 515 g/mol. The molecule has 1 aliphatic heterocycles. The van der Waals surface area contributed by atoms with E-state index in [4.69, 9.17) is 9.47 Å². The minimum atomic E-state index is -0.234. The molecule has 4 rings (SSSR count). The van der Waals surface area contributed by atoms with Crippen LogP contribution in [0.1, 0.15) is 41.7 Å². The summed E-state index contributed by atoms with van der Waals surface area (Å²) in [5.41, 5.74) is 6.15. The molecule has 192 valence electrons. The van der Waals surface area contributed by atoms with E-state index in [1.54, 1.807) is 0 Å². The van der Waals surface area contributed by atoms with Crippen molar-refractivity contribution in [2.45, 2.75) is 45.7 Å². The second-order valence-electron chi connectivity index (χ2n) is 8.89. The van der Waals surface area contributed by atoms with Crippen molar-refractivity contribution >= 4 is 29.4 Å². The molecule has 6 heteroatoms. The summed E-state index contributed by atoms with van der Waals surface area (Å²) < 4.78 is 12.3. The summed E-state index contributed by atoms with van der Waals surface area (Å²) >= 11 is 1.47. The summed E-state index contributed by atoms with van der Waals surface area (Å²) in [6.07, 6.45) is 5.37. The van der Waals surface area contributed by atoms with Crippen LogP contribution in [0.4, 0.5) is 5.69 Å². The topological polar surface area (TPSA) is 59.6 Å². The average Bonchev–Trinajstić information content (AvgIpc) is 3.22. The Bertz CT molecular complexity index is 1280. The molecule has 1 heterocycles. The van der Waals surface area contributed by atoms with Crippen molar-refractivity contribution in [3.05, 3.63) is 106 Å². The lowest BCUT2D eigenvalue weighted by atomic mass is 10.0. The van der Waals surface area contributed by atoms with Crippen LogP contribution >= 0.6 is 11.8 Å². The second kappa shape index (κ2) is 12.5. The Kier molecular flexibility index (Phi) is 8.96. The molecule has 5 nitrogen and oxygen atoms in total. The Morgan fingerprint density at radius 1 is 1.05 bits per heavy atom. The van der Waals surface area contributed by atoms with E-state index in [0.717, 1.165) is 28.8 Å². The number of carbonyl (C=O) groups excluding carboxylic acids is 1. The largest absolute Gasteiger partial charge is 0.490 e. The number of amides is 1. The second-order valence-corrected chi connectivity index (χ2v) is 10.0. The standard InChI is InChI=1S/C31H34N2O3S/c1-5-9-25-17-24(18-27(35-7-3)29(25)36-20-23-11-8-10-21(4)16-23)19-28-30(34)33-31(37-28)32-26-14-12-22(6-2)13-15-26/h5,8,10-19,31-32H,1,6-7,9,20H2,2-4H3,(H,33,34)/b28-19-/t31-/m0/s1. The molecule has 3 aromatic carbocycles. The predicted octanol–water partition coefficient (Wildman–Crippen LogP) is 6.86. The molecule has 0 spiro atoms. The van der Waals surface area contributed by atoms with E-state index in [1.165, 1.54) is 22.9 Å². The normalized spacial score (nSPS) is 15.9. The van der Waals surface area contributed by atoms with E-state index in [0.29, 0.717) is 36.0 Å². The molecule has 1 atom stereocenters. The monoisotopic (exact) mass is 514 g/mol. The minimum Gasteiger partial charge on any atom is -0.490 e. The fourth-order valence-electron chi connectivity index (χ4n) is 4.16. The molecule has 0 unspecified atom stereocenters. The Morgan fingerprint density at radius 2 is 1.86 bits per heavy atom. The third kappa shape index (κ3) is 6.98. The van der Waals surface area contributed by atoms with Gasteiger partial charge in [-0.2, -0.15) is 0 Å². The van der Waals surface area contributed by atoms with Crippen LogP contribution in [0.25, 0.3) is 6.08 Å². The lowest BCUT2D eigenvalue weighted by Crippen LogP contribution is -2.30. The van der Waals surface area contributed by atoms with Gasteiger partial charge in [0.05, 0.1) is 11.5 Å². The fourth-order valence-corrected chi connectivity index (χ4v) is 5.15. The molecule has 0 aliphatic carbocycles. The van der Waals surface area contributed by atoms with Gasteiger partial charge in [-0.3, -0.25) is 4.79 Å². The van der Waals surface area contributed by atoms with Crippen molar-refractivity contribution in [1.29, 1.82) is 0 Å². The van der Waals surface area contributed by atoms with Crippen LogP contribution < -0.4 is 20.1 Å². The van der Waals surface area contributed by atoms with Gasteiger partial charge in [0, 0.05) is 11.3 Å². The van der Waals surface area contributed by atoms with Crippen LogP contribution in [0.5, 0.6) is 11.5 Å². The number of thioether (sulfide) groups is 1. The number of allylic oxidation sites excluding steroid dienone is 1. The zero-order valence-electron chi connectivity index (χ0n) is 21.7. The molecule has 0 saturated carbocycles. The van der Waals surface area contributed by atoms with Gasteiger partial charge >= 0.3 is 0 Å². The predicted molar refractivity (Wildman–Crippen MR) is 154 cm³/mol. The highest BCUT2D eigenvalue weighted by molar-refractivity contribution is 8.05. The van der Waals surface area contributed by atoms with Gasteiger partial charge in [-0.05, 0) is 73.7 Å². The van der Waals surface area contributed by atoms with E-state index in [9.17, 15) is 4.79 Å². The van der Waals surface area contributed by atoms with Gasteiger partial charge in [0.2, 0.25) is 0 Å². The molecule has 0 aromatic heterocycles. The molecular formula is C31H34N2O3S. The summed E-state index contributed by atoms with van der Waals surface area (Å²) in [6.45, 7) is 11.0. The van der Waals surface area contributed by atoms with Crippen molar-refractivity contribution < 1.29 is 14.3 Å². The summed E-state index contributed by atoms with van der Waals surface area (Å²) in [4.78, 5) is 13.4. The Morgan fingerprint density at radius 3 is 2.57 bits per heavy atom. The zero-order chi connectivity index (χ0) is 26.2. The van der Waals surface area contributed by atoms with Crippen LogP contribution in [0.3, 0.4) is 0 Å². The number of anilines is 1. The van der Waals surface area contributed by atoms with Crippen molar-refractivity contribution in [1.82, 2.24) is 5.32 Å². The molecule has 0 bridgehead atoms. The molecule has 3 aromatic rings. The summed E-state index contributed by atoms with van der Waals surface area (Å²) in [6, 6.07) is 20.5. The van der Waals surface area contributed by atoms with Crippen LogP contribution in [-0.2, 0) is 24.2 Å². The highest BCUT2D eigenvalue weighted by Gasteiger charge is 2.27. The molecule has 37 heavy (non-hydrogen) atoms. The van der Waals surface area contributed by atoms with Gasteiger partial charge in [0.1, 0.15) is 6.61 Å². The Balaban J connectivity index is 1.55. The molecule has 0 radical (unpaired) electrons. The molecule has 1 fully saturated rings. The van der Waals surface area contributed by atoms with Crippen molar-refractivity contribution in [3.63, 3.8) is 0 Å². The first-order chi connectivity index (χ1) is 18.0. The minimum absolute atomic E-state index is 0.101. The van der Waals surface area contributed by atoms with E-state index in [-0.39, 0.29) is 11.4 Å². The van der Waals surface area contributed by atoms with Gasteiger partial charge in [0.15, 0.2) is 17.0 Å². The maximum Gasteiger partial charge on any atom is 0.260 e. The maximum atomic E-state index is 12.7. The van der Waals surface area contributed by atoms with E-state index in [2.05, 4.69) is 61.4 Å². The number of rotatable bonds is 11. The van der Waals surface area contributed by atoms with Crippen molar-refractivity contribution in [2.24, 2.45) is 0 Å². The van der Waals surface area contributed by atoms with Gasteiger partial charge in [-0.15, -0.1) is 6.58 Å². The van der Waals surface area contributed by atoms with E-state index in [1.807, 2.05) is 49.4 Å². The molecule has 1 saturated heterocycles. The first-order valence-corrected chi connectivity index (χ1v) is 13.5. The van der Waals surface area contributed by atoms with Crippen LogP contribution in [-0.4, -0.2) is 18.0 Å². The quantitative estimate of drug-likeness (QED) is 0.216. The summed E-state index contributed by atoms with van der Waals surface area (Å²) in [5, 5.41) is 6.39. The number of nitrogens with one attached hydrogen (secondary N) is 2. The molecule has 1 aliphatic rings. The van der Waals surface area contributed by atoms with Crippen LogP contribution in [0.2, 0.25) is 0 Å². The number of benzene rings is 3.